The fourth-order valence-corrected chi connectivity index (χ4v) is 2.83. The Bertz CT molecular complexity index is 682. The van der Waals surface area contributed by atoms with E-state index in [0.29, 0.717) is 12.0 Å². The van der Waals surface area contributed by atoms with Crippen molar-refractivity contribution in [1.82, 2.24) is 5.32 Å². The molecular formula is C16H15NO2S. The van der Waals surface area contributed by atoms with Crippen LogP contribution in [0.1, 0.15) is 23.0 Å². The minimum atomic E-state index is -0.0325. The fraction of sp³-hybridized carbons (Fsp3) is 0.188. The van der Waals surface area contributed by atoms with Gasteiger partial charge in [-0.05, 0) is 30.5 Å². The van der Waals surface area contributed by atoms with Crippen LogP contribution in [0.25, 0.3) is 11.0 Å². The predicted octanol–water partition coefficient (Wildman–Crippen LogP) is 3.86. The molecule has 1 atom stereocenters. The van der Waals surface area contributed by atoms with E-state index in [1.54, 1.807) is 0 Å². The highest BCUT2D eigenvalue weighted by Gasteiger charge is 2.12. The number of carbonyl (C=O) groups excluding carboxylic acids is 1. The highest BCUT2D eigenvalue weighted by Crippen LogP contribution is 2.19. The predicted molar refractivity (Wildman–Crippen MR) is 81.2 cm³/mol. The third kappa shape index (κ3) is 2.75. The summed E-state index contributed by atoms with van der Waals surface area (Å²) in [5.41, 5.74) is 1.60. The van der Waals surface area contributed by atoms with Gasteiger partial charge in [0.1, 0.15) is 11.3 Å². The molecule has 3 aromatic rings. The molecule has 102 valence electrons. The van der Waals surface area contributed by atoms with Crippen molar-refractivity contribution in [2.45, 2.75) is 19.4 Å². The summed E-state index contributed by atoms with van der Waals surface area (Å²) in [5, 5.41) is 7.83. The number of para-hydroxylation sites is 1. The quantitative estimate of drug-likeness (QED) is 0.791. The summed E-state index contributed by atoms with van der Waals surface area (Å²) in [6.45, 7) is 1.98. The molecule has 2 heterocycles. The summed E-state index contributed by atoms with van der Waals surface area (Å²) < 4.78 is 5.76. The second-order valence-corrected chi connectivity index (χ2v) is 5.62. The first-order valence-electron chi connectivity index (χ1n) is 6.53. The van der Waals surface area contributed by atoms with E-state index in [4.69, 9.17) is 4.42 Å². The summed E-state index contributed by atoms with van der Waals surface area (Å²) >= 11 is 1.52. The maximum Gasteiger partial charge on any atom is 0.252 e. The van der Waals surface area contributed by atoms with Crippen molar-refractivity contribution in [1.29, 1.82) is 0 Å². The zero-order valence-electron chi connectivity index (χ0n) is 11.1. The Kier molecular flexibility index (Phi) is 3.56. The van der Waals surface area contributed by atoms with Crippen LogP contribution < -0.4 is 5.32 Å². The largest absolute Gasteiger partial charge is 0.461 e. The minimum absolute atomic E-state index is 0.0305. The van der Waals surface area contributed by atoms with Gasteiger partial charge in [-0.25, -0.2) is 0 Å². The molecule has 2 aromatic heterocycles. The van der Waals surface area contributed by atoms with Gasteiger partial charge in [-0.3, -0.25) is 4.79 Å². The first-order chi connectivity index (χ1) is 9.72. The van der Waals surface area contributed by atoms with Crippen molar-refractivity contribution >= 4 is 28.2 Å². The summed E-state index contributed by atoms with van der Waals surface area (Å²) in [6.07, 6.45) is 0.685. The van der Waals surface area contributed by atoms with E-state index in [0.717, 1.165) is 16.7 Å². The number of hydrogen-bond donors (Lipinski definition) is 1. The van der Waals surface area contributed by atoms with E-state index in [9.17, 15) is 4.79 Å². The topological polar surface area (TPSA) is 42.2 Å². The zero-order valence-corrected chi connectivity index (χ0v) is 11.9. The van der Waals surface area contributed by atoms with Gasteiger partial charge in [0.25, 0.3) is 5.91 Å². The summed E-state index contributed by atoms with van der Waals surface area (Å²) in [6, 6.07) is 11.8. The number of rotatable bonds is 4. The van der Waals surface area contributed by atoms with Crippen LogP contribution in [-0.4, -0.2) is 11.9 Å². The van der Waals surface area contributed by atoms with Gasteiger partial charge in [-0.2, -0.15) is 11.3 Å². The second kappa shape index (κ2) is 5.51. The molecule has 0 fully saturated rings. The molecule has 0 aliphatic rings. The first-order valence-corrected chi connectivity index (χ1v) is 7.47. The van der Waals surface area contributed by atoms with Crippen LogP contribution in [-0.2, 0) is 6.42 Å². The van der Waals surface area contributed by atoms with Gasteiger partial charge in [0, 0.05) is 28.8 Å². The molecule has 0 bridgehead atoms. The zero-order chi connectivity index (χ0) is 13.9. The molecule has 4 heteroatoms. The summed E-state index contributed by atoms with van der Waals surface area (Å²) in [7, 11) is 0. The maximum atomic E-state index is 11.9. The highest BCUT2D eigenvalue weighted by atomic mass is 32.1. The third-order valence-electron chi connectivity index (χ3n) is 3.14. The lowest BCUT2D eigenvalue weighted by molar-refractivity contribution is 0.0940. The van der Waals surface area contributed by atoms with Crippen LogP contribution in [0.4, 0.5) is 0 Å². The molecule has 1 unspecified atom stereocenters. The van der Waals surface area contributed by atoms with Gasteiger partial charge in [-0.15, -0.1) is 0 Å². The Morgan fingerprint density at radius 1 is 1.35 bits per heavy atom. The molecule has 0 aliphatic carbocycles. The molecule has 1 amide bonds. The van der Waals surface area contributed by atoms with Crippen molar-refractivity contribution in [3.8, 4) is 0 Å². The van der Waals surface area contributed by atoms with Gasteiger partial charge < -0.3 is 9.73 Å². The van der Waals surface area contributed by atoms with Gasteiger partial charge in [0.2, 0.25) is 0 Å². The molecule has 1 aromatic carbocycles. The smallest absolute Gasteiger partial charge is 0.252 e. The number of amides is 1. The van der Waals surface area contributed by atoms with Crippen molar-refractivity contribution in [3.63, 3.8) is 0 Å². The molecule has 0 saturated heterocycles. The van der Waals surface area contributed by atoms with Crippen LogP contribution in [0.5, 0.6) is 0 Å². The molecule has 3 rings (SSSR count). The molecule has 0 spiro atoms. The van der Waals surface area contributed by atoms with Crippen LogP contribution in [0.15, 0.2) is 51.6 Å². The standard InChI is InChI=1S/C16H15NO2S/c1-11(17-16(18)13-6-7-20-10-13)8-14-9-12-4-2-3-5-15(12)19-14/h2-7,9-11H,8H2,1H3,(H,17,18). The fourth-order valence-electron chi connectivity index (χ4n) is 2.19. The number of fused-ring (bicyclic) bond motifs is 1. The van der Waals surface area contributed by atoms with E-state index in [1.165, 1.54) is 11.3 Å². The molecule has 20 heavy (non-hydrogen) atoms. The van der Waals surface area contributed by atoms with E-state index in [1.807, 2.05) is 54.1 Å². The first kappa shape index (κ1) is 12.9. The van der Waals surface area contributed by atoms with Crippen LogP contribution >= 0.6 is 11.3 Å². The molecule has 0 radical (unpaired) electrons. The van der Waals surface area contributed by atoms with Crippen molar-refractivity contribution in [3.05, 3.63) is 58.5 Å². The molecule has 0 aliphatic heterocycles. The van der Waals surface area contributed by atoms with E-state index < -0.39 is 0 Å². The van der Waals surface area contributed by atoms with E-state index in [2.05, 4.69) is 5.32 Å². The third-order valence-corrected chi connectivity index (χ3v) is 3.83. The van der Waals surface area contributed by atoms with Gasteiger partial charge >= 0.3 is 0 Å². The van der Waals surface area contributed by atoms with Crippen molar-refractivity contribution < 1.29 is 9.21 Å². The van der Waals surface area contributed by atoms with Gasteiger partial charge in [-0.1, -0.05) is 18.2 Å². The average Bonchev–Trinajstić information content (AvgIpc) is 3.07. The number of nitrogens with one attached hydrogen (secondary N) is 1. The number of benzene rings is 1. The van der Waals surface area contributed by atoms with Crippen LogP contribution in [0.3, 0.4) is 0 Å². The normalized spacial score (nSPS) is 12.4. The number of furan rings is 1. The number of thiophene rings is 1. The Morgan fingerprint density at radius 3 is 2.95 bits per heavy atom. The molecule has 3 nitrogen and oxygen atoms in total. The lowest BCUT2D eigenvalue weighted by Gasteiger charge is -2.11. The van der Waals surface area contributed by atoms with Crippen molar-refractivity contribution in [2.75, 3.05) is 0 Å². The minimum Gasteiger partial charge on any atom is -0.461 e. The molecular weight excluding hydrogens is 270 g/mol. The summed E-state index contributed by atoms with van der Waals surface area (Å²) in [4.78, 5) is 11.9. The van der Waals surface area contributed by atoms with Crippen molar-refractivity contribution in [2.24, 2.45) is 0 Å². The lowest BCUT2D eigenvalue weighted by atomic mass is 10.1. The van der Waals surface area contributed by atoms with E-state index in [-0.39, 0.29) is 11.9 Å². The second-order valence-electron chi connectivity index (χ2n) is 4.84. The van der Waals surface area contributed by atoms with Gasteiger partial charge in [0.15, 0.2) is 0 Å². The average molecular weight is 285 g/mol. The monoisotopic (exact) mass is 285 g/mol. The molecule has 1 N–H and O–H groups in total. The highest BCUT2D eigenvalue weighted by molar-refractivity contribution is 7.08. The van der Waals surface area contributed by atoms with Crippen LogP contribution in [0, 0.1) is 0 Å². The van der Waals surface area contributed by atoms with E-state index >= 15 is 0 Å². The Labute approximate surface area is 121 Å². The Balaban J connectivity index is 1.66. The Hall–Kier alpha value is -2.07. The number of hydrogen-bond acceptors (Lipinski definition) is 3. The van der Waals surface area contributed by atoms with Gasteiger partial charge in [0.05, 0.1) is 0 Å². The van der Waals surface area contributed by atoms with Crippen LogP contribution in [0.2, 0.25) is 0 Å². The maximum absolute atomic E-state index is 11.9. The SMILES string of the molecule is CC(Cc1cc2ccccc2o1)NC(=O)c1ccsc1. The number of carbonyl (C=O) groups is 1. The Morgan fingerprint density at radius 2 is 2.20 bits per heavy atom. The lowest BCUT2D eigenvalue weighted by Crippen LogP contribution is -2.33. The summed E-state index contributed by atoms with van der Waals surface area (Å²) in [5.74, 6) is 0.860. The molecule has 0 saturated carbocycles.